The second-order valence-electron chi connectivity index (χ2n) is 4.93. The molecule has 0 heterocycles. The van der Waals surface area contributed by atoms with Crippen LogP contribution in [0.15, 0.2) is 24.3 Å². The summed E-state index contributed by atoms with van der Waals surface area (Å²) < 4.78 is 0. The minimum atomic E-state index is -0.896. The van der Waals surface area contributed by atoms with E-state index in [4.69, 9.17) is 5.11 Å². The topological polar surface area (TPSA) is 110 Å². The molecule has 2 rings (SSSR count). The van der Waals surface area contributed by atoms with Crippen LogP contribution in [-0.4, -0.2) is 28.5 Å². The fourth-order valence-electron chi connectivity index (χ4n) is 2.16. The Labute approximate surface area is 114 Å². The summed E-state index contributed by atoms with van der Waals surface area (Å²) in [5, 5.41) is 22.2. The van der Waals surface area contributed by atoms with Gasteiger partial charge in [0.2, 0.25) is 0 Å². The molecule has 0 aromatic heterocycles. The van der Waals surface area contributed by atoms with Crippen LogP contribution in [0.4, 0.5) is 5.69 Å². The number of nitrogens with zero attached hydrogens (tertiary/aromatic N) is 1. The van der Waals surface area contributed by atoms with Crippen LogP contribution in [-0.2, 0) is 4.79 Å². The zero-order valence-electron chi connectivity index (χ0n) is 10.7. The maximum absolute atomic E-state index is 11.9. The number of carbonyl (C=O) groups excluding carboxylic acids is 1. The Morgan fingerprint density at radius 1 is 1.30 bits per heavy atom. The molecule has 106 valence electrons. The molecule has 0 saturated heterocycles. The number of amides is 1. The van der Waals surface area contributed by atoms with Crippen molar-refractivity contribution in [1.82, 2.24) is 5.32 Å². The second kappa shape index (κ2) is 5.28. The lowest BCUT2D eigenvalue weighted by atomic mass is 9.69. The van der Waals surface area contributed by atoms with Gasteiger partial charge in [-0.05, 0) is 25.0 Å². The van der Waals surface area contributed by atoms with Crippen LogP contribution in [0.1, 0.15) is 29.6 Å². The number of nitro groups is 1. The predicted octanol–water partition coefficient (Wildman–Crippen LogP) is 1.58. The van der Waals surface area contributed by atoms with E-state index in [1.54, 1.807) is 0 Å². The van der Waals surface area contributed by atoms with Gasteiger partial charge in [-0.3, -0.25) is 19.7 Å². The Balaban J connectivity index is 1.98. The molecule has 1 aliphatic carbocycles. The molecule has 0 unspecified atom stereocenters. The van der Waals surface area contributed by atoms with E-state index < -0.39 is 22.2 Å². The lowest BCUT2D eigenvalue weighted by Gasteiger charge is -2.37. The van der Waals surface area contributed by atoms with Gasteiger partial charge in [0, 0.05) is 24.2 Å². The lowest BCUT2D eigenvalue weighted by molar-refractivity contribution is -0.384. The number of non-ortho nitro benzene ring substituents is 1. The van der Waals surface area contributed by atoms with Crippen molar-refractivity contribution >= 4 is 17.6 Å². The molecule has 0 spiro atoms. The van der Waals surface area contributed by atoms with Gasteiger partial charge in [0.05, 0.1) is 10.3 Å². The summed E-state index contributed by atoms with van der Waals surface area (Å²) in [5.41, 5.74) is -0.672. The van der Waals surface area contributed by atoms with Gasteiger partial charge in [0.1, 0.15) is 0 Å². The van der Waals surface area contributed by atoms with Crippen molar-refractivity contribution in [2.75, 3.05) is 6.54 Å². The zero-order chi connectivity index (χ0) is 14.8. The number of hydrogen-bond acceptors (Lipinski definition) is 4. The number of carboxylic acid groups (broad SMARTS) is 1. The summed E-state index contributed by atoms with van der Waals surface area (Å²) in [6, 6.07) is 5.18. The number of nitro benzene ring substituents is 1. The number of hydrogen-bond donors (Lipinski definition) is 2. The maximum atomic E-state index is 11.9. The third kappa shape index (κ3) is 2.61. The summed E-state index contributed by atoms with van der Waals surface area (Å²) in [6.45, 7) is 0.0815. The quantitative estimate of drug-likeness (QED) is 0.627. The van der Waals surface area contributed by atoms with Gasteiger partial charge in [-0.25, -0.2) is 0 Å². The normalized spacial score (nSPS) is 16.0. The van der Waals surface area contributed by atoms with E-state index in [1.165, 1.54) is 24.3 Å². The largest absolute Gasteiger partial charge is 0.481 e. The van der Waals surface area contributed by atoms with E-state index in [9.17, 15) is 19.7 Å². The van der Waals surface area contributed by atoms with Crippen molar-refractivity contribution in [3.63, 3.8) is 0 Å². The molecule has 7 nitrogen and oxygen atoms in total. The molecule has 0 atom stereocenters. The molecule has 1 aromatic carbocycles. The first-order valence-electron chi connectivity index (χ1n) is 6.21. The van der Waals surface area contributed by atoms with E-state index in [0.29, 0.717) is 12.8 Å². The smallest absolute Gasteiger partial charge is 0.311 e. The minimum Gasteiger partial charge on any atom is -0.481 e. The van der Waals surface area contributed by atoms with Gasteiger partial charge in [-0.1, -0.05) is 6.42 Å². The number of nitrogens with one attached hydrogen (secondary N) is 1. The minimum absolute atomic E-state index is 0.0815. The molecule has 1 aromatic rings. The van der Waals surface area contributed by atoms with Crippen molar-refractivity contribution in [2.45, 2.75) is 19.3 Å². The van der Waals surface area contributed by atoms with E-state index in [1.807, 2.05) is 0 Å². The van der Waals surface area contributed by atoms with Gasteiger partial charge in [0.25, 0.3) is 11.6 Å². The van der Waals surface area contributed by atoms with Crippen LogP contribution in [0.2, 0.25) is 0 Å². The van der Waals surface area contributed by atoms with Crippen molar-refractivity contribution in [2.24, 2.45) is 5.41 Å². The molecular formula is C13H14N2O5. The number of rotatable bonds is 5. The van der Waals surface area contributed by atoms with E-state index in [-0.39, 0.29) is 17.8 Å². The Kier molecular flexibility index (Phi) is 3.69. The van der Waals surface area contributed by atoms with Crippen molar-refractivity contribution in [1.29, 1.82) is 0 Å². The Hall–Kier alpha value is -2.44. The highest BCUT2D eigenvalue weighted by Crippen LogP contribution is 2.40. The molecule has 0 radical (unpaired) electrons. The van der Waals surface area contributed by atoms with E-state index in [2.05, 4.69) is 5.32 Å². The number of aliphatic carboxylic acids is 1. The first-order chi connectivity index (χ1) is 9.44. The Morgan fingerprint density at radius 3 is 2.30 bits per heavy atom. The van der Waals surface area contributed by atoms with Gasteiger partial charge < -0.3 is 10.4 Å². The average Bonchev–Trinajstić information content (AvgIpc) is 2.36. The van der Waals surface area contributed by atoms with Crippen molar-refractivity contribution < 1.29 is 19.6 Å². The molecule has 20 heavy (non-hydrogen) atoms. The number of carboxylic acids is 1. The van der Waals surface area contributed by atoms with E-state index in [0.717, 1.165) is 6.42 Å². The molecule has 0 aliphatic heterocycles. The Bertz CT molecular complexity index is 548. The van der Waals surface area contributed by atoms with Gasteiger partial charge in [-0.15, -0.1) is 0 Å². The number of carbonyl (C=O) groups is 2. The monoisotopic (exact) mass is 278 g/mol. The molecule has 2 N–H and O–H groups in total. The molecule has 1 amide bonds. The van der Waals surface area contributed by atoms with Crippen LogP contribution in [0.5, 0.6) is 0 Å². The van der Waals surface area contributed by atoms with Gasteiger partial charge >= 0.3 is 5.97 Å². The zero-order valence-corrected chi connectivity index (χ0v) is 10.7. The Morgan fingerprint density at radius 2 is 1.90 bits per heavy atom. The standard InChI is InChI=1S/C13H14N2O5/c16-11(9-2-4-10(5-3-9)15(19)20)14-8-13(12(17)18)6-1-7-13/h2-5H,1,6-8H2,(H,14,16)(H,17,18). The third-order valence-corrected chi connectivity index (χ3v) is 3.69. The summed E-state index contributed by atoms with van der Waals surface area (Å²) in [5.74, 6) is -1.32. The van der Waals surface area contributed by atoms with Crippen LogP contribution >= 0.6 is 0 Å². The summed E-state index contributed by atoms with van der Waals surface area (Å²) in [7, 11) is 0. The second-order valence-corrected chi connectivity index (χ2v) is 4.93. The predicted molar refractivity (Wildman–Crippen MR) is 69.3 cm³/mol. The van der Waals surface area contributed by atoms with Crippen molar-refractivity contribution in [3.8, 4) is 0 Å². The van der Waals surface area contributed by atoms with E-state index >= 15 is 0 Å². The van der Waals surface area contributed by atoms with Crippen LogP contribution in [0, 0.1) is 15.5 Å². The average molecular weight is 278 g/mol. The summed E-state index contributed by atoms with van der Waals surface area (Å²) in [4.78, 5) is 33.0. The maximum Gasteiger partial charge on any atom is 0.311 e. The molecule has 1 saturated carbocycles. The lowest BCUT2D eigenvalue weighted by Crippen LogP contribution is -2.47. The molecular weight excluding hydrogens is 264 g/mol. The fourth-order valence-corrected chi connectivity index (χ4v) is 2.16. The van der Waals surface area contributed by atoms with Crippen LogP contribution in [0.3, 0.4) is 0 Å². The van der Waals surface area contributed by atoms with Crippen LogP contribution < -0.4 is 5.32 Å². The molecule has 7 heteroatoms. The first-order valence-corrected chi connectivity index (χ1v) is 6.21. The van der Waals surface area contributed by atoms with Gasteiger partial charge in [0.15, 0.2) is 0 Å². The highest BCUT2D eigenvalue weighted by atomic mass is 16.6. The van der Waals surface area contributed by atoms with Crippen LogP contribution in [0.25, 0.3) is 0 Å². The van der Waals surface area contributed by atoms with Crippen molar-refractivity contribution in [3.05, 3.63) is 39.9 Å². The summed E-state index contributed by atoms with van der Waals surface area (Å²) in [6.07, 6.45) is 1.96. The molecule has 0 bridgehead atoms. The highest BCUT2D eigenvalue weighted by molar-refractivity contribution is 5.94. The fraction of sp³-hybridized carbons (Fsp3) is 0.385. The first kappa shape index (κ1) is 14.0. The SMILES string of the molecule is O=C(NCC1(C(=O)O)CCC1)c1ccc([N+](=O)[O-])cc1. The highest BCUT2D eigenvalue weighted by Gasteiger charge is 2.44. The van der Waals surface area contributed by atoms with Gasteiger partial charge in [-0.2, -0.15) is 0 Å². The third-order valence-electron chi connectivity index (χ3n) is 3.69. The molecule has 1 fully saturated rings. The molecule has 1 aliphatic rings. The summed E-state index contributed by atoms with van der Waals surface area (Å²) >= 11 is 0. The number of benzene rings is 1.